The molecule has 0 spiro atoms. The maximum absolute atomic E-state index is 10.3. The molecule has 0 aliphatic rings. The zero-order valence-electron chi connectivity index (χ0n) is 21.5. The van der Waals surface area contributed by atoms with E-state index in [1.165, 1.54) is 51.4 Å². The predicted molar refractivity (Wildman–Crippen MR) is 137 cm³/mol. The second-order valence-electron chi connectivity index (χ2n) is 9.89. The van der Waals surface area contributed by atoms with Crippen molar-refractivity contribution in [1.82, 2.24) is 0 Å². The van der Waals surface area contributed by atoms with Crippen LogP contribution in [0.5, 0.6) is 0 Å². The van der Waals surface area contributed by atoms with Gasteiger partial charge in [0.15, 0.2) is 0 Å². The predicted octanol–water partition coefficient (Wildman–Crippen LogP) is 8.95. The molecular weight excluding hydrogens is 400 g/mol. The van der Waals surface area contributed by atoms with Crippen LogP contribution in [0.3, 0.4) is 0 Å². The quantitative estimate of drug-likeness (QED) is 0.151. The van der Waals surface area contributed by atoms with Crippen molar-refractivity contribution in [2.24, 2.45) is 5.41 Å². The Kier molecular flexibility index (Phi) is 24.5. The minimum Gasteiger partial charge on any atom is -0.481 e. The van der Waals surface area contributed by atoms with Crippen LogP contribution in [-0.2, 0) is 9.59 Å². The molecule has 2 N–H and O–H groups in total. The number of allylic oxidation sites excluding steroid dienone is 4. The third kappa shape index (κ3) is 35.8. The summed E-state index contributed by atoms with van der Waals surface area (Å²) in [6.45, 7) is 8.87. The average Bonchev–Trinajstić information content (AvgIpc) is 2.70. The first-order valence-corrected chi connectivity index (χ1v) is 12.9. The number of aliphatic carboxylic acids is 2. The van der Waals surface area contributed by atoms with E-state index in [1.54, 1.807) is 0 Å². The van der Waals surface area contributed by atoms with Gasteiger partial charge in [0, 0.05) is 12.8 Å². The first kappa shape index (κ1) is 32.6. The van der Waals surface area contributed by atoms with E-state index < -0.39 is 11.9 Å². The van der Waals surface area contributed by atoms with E-state index >= 15 is 0 Å². The van der Waals surface area contributed by atoms with Crippen LogP contribution in [0.15, 0.2) is 24.3 Å². The van der Waals surface area contributed by atoms with Crippen molar-refractivity contribution >= 4 is 11.9 Å². The molecular formula is C28H52O4. The van der Waals surface area contributed by atoms with Crippen LogP contribution in [0.25, 0.3) is 0 Å². The minimum atomic E-state index is -0.675. The Morgan fingerprint density at radius 2 is 1.06 bits per heavy atom. The first-order valence-electron chi connectivity index (χ1n) is 12.9. The van der Waals surface area contributed by atoms with Gasteiger partial charge in [0.05, 0.1) is 0 Å². The second kappa shape index (κ2) is 24.1. The molecule has 0 unspecified atom stereocenters. The van der Waals surface area contributed by atoms with Crippen molar-refractivity contribution in [3.8, 4) is 0 Å². The van der Waals surface area contributed by atoms with Crippen molar-refractivity contribution in [3.05, 3.63) is 24.3 Å². The Morgan fingerprint density at radius 1 is 0.625 bits per heavy atom. The monoisotopic (exact) mass is 452 g/mol. The van der Waals surface area contributed by atoms with Gasteiger partial charge in [-0.05, 0) is 56.8 Å². The molecule has 4 nitrogen and oxygen atoms in total. The number of carboxylic acid groups (broad SMARTS) is 2. The molecule has 0 saturated heterocycles. The molecule has 0 aromatic heterocycles. The van der Waals surface area contributed by atoms with Gasteiger partial charge >= 0.3 is 11.9 Å². The van der Waals surface area contributed by atoms with Crippen molar-refractivity contribution in [2.75, 3.05) is 0 Å². The molecule has 0 bridgehead atoms. The zero-order chi connectivity index (χ0) is 24.5. The lowest BCUT2D eigenvalue weighted by Crippen LogP contribution is -2.04. The number of rotatable bonds is 19. The summed E-state index contributed by atoms with van der Waals surface area (Å²) in [6, 6.07) is 0. The summed E-state index contributed by atoms with van der Waals surface area (Å²) in [5, 5.41) is 16.9. The number of carbonyl (C=O) groups is 2. The summed E-state index contributed by atoms with van der Waals surface area (Å²) in [4.78, 5) is 20.5. The first-order chi connectivity index (χ1) is 15.2. The van der Waals surface area contributed by atoms with Gasteiger partial charge in [-0.15, -0.1) is 0 Å². The van der Waals surface area contributed by atoms with E-state index in [0.29, 0.717) is 18.3 Å². The average molecular weight is 453 g/mol. The standard InChI is InChI=1S/C18H32O2.C10H20O2/c1-2-3-4-5-6-7-8-9-10-11-12-13-14-15-16-17-18(19)20;1-10(2,3)8-6-4-5-7-9(11)12/h6-7,9-10H,2-5,8,11-17H2,1H3,(H,19,20);4-8H2,1-3H3,(H,11,12)/b7-6-,10-9-;. The van der Waals surface area contributed by atoms with E-state index in [9.17, 15) is 9.59 Å². The van der Waals surface area contributed by atoms with Gasteiger partial charge in [-0.1, -0.05) is 96.9 Å². The van der Waals surface area contributed by atoms with Gasteiger partial charge < -0.3 is 10.2 Å². The minimum absolute atomic E-state index is 0.324. The third-order valence-electron chi connectivity index (χ3n) is 5.16. The molecule has 0 aliphatic heterocycles. The maximum Gasteiger partial charge on any atom is 0.303 e. The van der Waals surface area contributed by atoms with Gasteiger partial charge in [0.2, 0.25) is 0 Å². The number of carboxylic acids is 2. The normalized spacial score (nSPS) is 11.6. The summed E-state index contributed by atoms with van der Waals surface area (Å²) < 4.78 is 0. The summed E-state index contributed by atoms with van der Waals surface area (Å²) in [5.74, 6) is -1.35. The van der Waals surface area contributed by atoms with E-state index in [-0.39, 0.29) is 0 Å². The van der Waals surface area contributed by atoms with Gasteiger partial charge in [0.1, 0.15) is 0 Å². The molecule has 0 saturated carbocycles. The molecule has 0 aliphatic carbocycles. The smallest absolute Gasteiger partial charge is 0.303 e. The lowest BCUT2D eigenvalue weighted by Gasteiger charge is -2.17. The molecule has 0 rings (SSSR count). The Hall–Kier alpha value is -1.58. The van der Waals surface area contributed by atoms with Crippen LogP contribution in [0.4, 0.5) is 0 Å². The SMILES string of the molecule is CC(C)(C)CCCCCC(=O)O.CCCCC/C=C\C/C=C\CCCCCCCC(=O)O. The van der Waals surface area contributed by atoms with E-state index in [4.69, 9.17) is 10.2 Å². The summed E-state index contributed by atoms with van der Waals surface area (Å²) in [6.07, 6.45) is 26.8. The topological polar surface area (TPSA) is 74.6 Å². The molecule has 188 valence electrons. The fourth-order valence-electron chi connectivity index (χ4n) is 3.20. The summed E-state index contributed by atoms with van der Waals surface area (Å²) in [5.41, 5.74) is 0.392. The maximum atomic E-state index is 10.3. The fraction of sp³-hybridized carbons (Fsp3) is 0.786. The van der Waals surface area contributed by atoms with Gasteiger partial charge in [-0.25, -0.2) is 0 Å². The Morgan fingerprint density at radius 3 is 1.53 bits per heavy atom. The van der Waals surface area contributed by atoms with Crippen LogP contribution in [0.2, 0.25) is 0 Å². The highest BCUT2D eigenvalue weighted by molar-refractivity contribution is 5.66. The highest BCUT2D eigenvalue weighted by Gasteiger charge is 2.08. The number of hydrogen-bond donors (Lipinski definition) is 2. The number of hydrogen-bond acceptors (Lipinski definition) is 2. The molecule has 0 amide bonds. The Balaban J connectivity index is 0. The van der Waals surface area contributed by atoms with E-state index in [0.717, 1.165) is 44.9 Å². The van der Waals surface area contributed by atoms with E-state index in [1.807, 2.05) is 0 Å². The lowest BCUT2D eigenvalue weighted by atomic mass is 9.89. The van der Waals surface area contributed by atoms with Gasteiger partial charge in [0.25, 0.3) is 0 Å². The third-order valence-corrected chi connectivity index (χ3v) is 5.16. The van der Waals surface area contributed by atoms with Gasteiger partial charge in [-0.2, -0.15) is 0 Å². The highest BCUT2D eigenvalue weighted by Crippen LogP contribution is 2.22. The molecule has 0 fully saturated rings. The zero-order valence-corrected chi connectivity index (χ0v) is 21.5. The van der Waals surface area contributed by atoms with Crippen LogP contribution in [0, 0.1) is 5.41 Å². The molecule has 0 aromatic rings. The van der Waals surface area contributed by atoms with Crippen molar-refractivity contribution in [2.45, 2.75) is 137 Å². The largest absolute Gasteiger partial charge is 0.481 e. The molecule has 0 heterocycles. The van der Waals surface area contributed by atoms with Gasteiger partial charge in [-0.3, -0.25) is 9.59 Å². The molecule has 0 radical (unpaired) electrons. The Labute approximate surface area is 198 Å². The van der Waals surface area contributed by atoms with Crippen LogP contribution in [0.1, 0.15) is 137 Å². The molecule has 4 heteroatoms. The van der Waals surface area contributed by atoms with Crippen LogP contribution >= 0.6 is 0 Å². The van der Waals surface area contributed by atoms with Crippen LogP contribution in [-0.4, -0.2) is 22.2 Å². The molecule has 0 aromatic carbocycles. The lowest BCUT2D eigenvalue weighted by molar-refractivity contribution is -0.138. The molecule has 0 atom stereocenters. The second-order valence-corrected chi connectivity index (χ2v) is 9.89. The van der Waals surface area contributed by atoms with Crippen LogP contribution < -0.4 is 0 Å². The van der Waals surface area contributed by atoms with Crippen molar-refractivity contribution in [1.29, 1.82) is 0 Å². The summed E-state index contributed by atoms with van der Waals surface area (Å²) in [7, 11) is 0. The van der Waals surface area contributed by atoms with Crippen molar-refractivity contribution in [3.63, 3.8) is 0 Å². The molecule has 32 heavy (non-hydrogen) atoms. The van der Waals surface area contributed by atoms with Crippen molar-refractivity contribution < 1.29 is 19.8 Å². The fourth-order valence-corrected chi connectivity index (χ4v) is 3.20. The Bertz CT molecular complexity index is 486. The number of unbranched alkanes of at least 4 members (excludes halogenated alkanes) is 10. The van der Waals surface area contributed by atoms with E-state index in [2.05, 4.69) is 52.0 Å². The summed E-state index contributed by atoms with van der Waals surface area (Å²) >= 11 is 0. The highest BCUT2D eigenvalue weighted by atomic mass is 16.4.